The number of rotatable bonds is 5. The van der Waals surface area contributed by atoms with Crippen LogP contribution in [0.1, 0.15) is 0 Å². The van der Waals surface area contributed by atoms with E-state index in [9.17, 15) is 12.8 Å². The number of likely N-dealkylation sites (N-methyl/N-ethyl adjacent to an activating group) is 1. The molecule has 0 aromatic heterocycles. The third kappa shape index (κ3) is 3.52. The van der Waals surface area contributed by atoms with Gasteiger partial charge < -0.3 is 14.8 Å². The molecule has 1 aliphatic heterocycles. The molecular weight excluding hydrogens is 299 g/mol. The highest BCUT2D eigenvalue weighted by molar-refractivity contribution is 7.89. The molecule has 1 heterocycles. The fraction of sp³-hybridized carbons (Fsp3) is 0.538. The summed E-state index contributed by atoms with van der Waals surface area (Å²) >= 11 is 0. The zero-order valence-electron chi connectivity index (χ0n) is 12.0. The van der Waals surface area contributed by atoms with Crippen molar-refractivity contribution in [3.8, 4) is 5.75 Å². The van der Waals surface area contributed by atoms with Crippen LogP contribution < -0.4 is 10.1 Å². The van der Waals surface area contributed by atoms with Crippen molar-refractivity contribution in [2.45, 2.75) is 11.0 Å². The normalized spacial score (nSPS) is 20.4. The van der Waals surface area contributed by atoms with Gasteiger partial charge in [0.1, 0.15) is 0 Å². The molecule has 0 amide bonds. The van der Waals surface area contributed by atoms with Crippen molar-refractivity contribution in [2.75, 3.05) is 40.4 Å². The highest BCUT2D eigenvalue weighted by Crippen LogP contribution is 2.24. The van der Waals surface area contributed by atoms with Crippen LogP contribution in [0.5, 0.6) is 5.75 Å². The molecule has 21 heavy (non-hydrogen) atoms. The standard InChI is InChI=1S/C13H19FN2O4S/c1-15-8-10-9-16(5-6-20-10)21(17,18)11-3-4-13(19-2)12(14)7-11/h3-4,7,10,15H,5-6,8-9H2,1-2H3. The van der Waals surface area contributed by atoms with Gasteiger partial charge in [-0.3, -0.25) is 0 Å². The van der Waals surface area contributed by atoms with E-state index in [1.165, 1.54) is 23.5 Å². The minimum Gasteiger partial charge on any atom is -0.494 e. The lowest BCUT2D eigenvalue weighted by Crippen LogP contribution is -2.48. The zero-order chi connectivity index (χ0) is 15.5. The topological polar surface area (TPSA) is 67.9 Å². The van der Waals surface area contributed by atoms with E-state index in [4.69, 9.17) is 9.47 Å². The summed E-state index contributed by atoms with van der Waals surface area (Å²) in [5.74, 6) is -0.678. The molecule has 0 radical (unpaired) electrons. The maximum Gasteiger partial charge on any atom is 0.243 e. The van der Waals surface area contributed by atoms with Crippen LogP contribution in [0.4, 0.5) is 4.39 Å². The van der Waals surface area contributed by atoms with Gasteiger partial charge in [0.05, 0.1) is 24.7 Å². The Morgan fingerprint density at radius 3 is 2.90 bits per heavy atom. The monoisotopic (exact) mass is 318 g/mol. The Kier molecular flexibility index (Phi) is 5.15. The first-order valence-electron chi connectivity index (χ1n) is 6.59. The number of nitrogens with zero attached hydrogens (tertiary/aromatic N) is 1. The van der Waals surface area contributed by atoms with Crippen LogP contribution in [0, 0.1) is 5.82 Å². The summed E-state index contributed by atoms with van der Waals surface area (Å²) in [6.07, 6.45) is -0.207. The molecule has 2 rings (SSSR count). The lowest BCUT2D eigenvalue weighted by Gasteiger charge is -2.32. The Morgan fingerprint density at radius 1 is 1.52 bits per heavy atom. The van der Waals surface area contributed by atoms with Gasteiger partial charge in [-0.25, -0.2) is 12.8 Å². The molecular formula is C13H19FN2O4S. The SMILES string of the molecule is CNCC1CN(S(=O)(=O)c2ccc(OC)c(F)c2)CCO1. The summed E-state index contributed by atoms with van der Waals surface area (Å²) in [6, 6.07) is 3.64. The van der Waals surface area contributed by atoms with Gasteiger partial charge >= 0.3 is 0 Å². The van der Waals surface area contributed by atoms with E-state index in [2.05, 4.69) is 5.32 Å². The number of hydrogen-bond acceptors (Lipinski definition) is 5. The highest BCUT2D eigenvalue weighted by Gasteiger charge is 2.31. The minimum absolute atomic E-state index is 0.0176. The number of hydrogen-bond donors (Lipinski definition) is 1. The minimum atomic E-state index is -3.73. The Bertz CT molecular complexity index is 592. The first-order valence-corrected chi connectivity index (χ1v) is 8.03. The molecule has 0 bridgehead atoms. The van der Waals surface area contributed by atoms with Crippen LogP contribution in [0.15, 0.2) is 23.1 Å². The molecule has 1 aromatic rings. The summed E-state index contributed by atoms with van der Waals surface area (Å²) in [7, 11) is -0.627. The smallest absolute Gasteiger partial charge is 0.243 e. The van der Waals surface area contributed by atoms with Gasteiger partial charge in [0.15, 0.2) is 11.6 Å². The molecule has 0 aliphatic carbocycles. The molecule has 6 nitrogen and oxygen atoms in total. The van der Waals surface area contributed by atoms with Crippen LogP contribution in [0.25, 0.3) is 0 Å². The van der Waals surface area contributed by atoms with Crippen LogP contribution in [0.3, 0.4) is 0 Å². The first kappa shape index (κ1) is 16.2. The highest BCUT2D eigenvalue weighted by atomic mass is 32.2. The molecule has 1 aliphatic rings. The van der Waals surface area contributed by atoms with Gasteiger partial charge in [0, 0.05) is 19.6 Å². The number of benzene rings is 1. The fourth-order valence-corrected chi connectivity index (χ4v) is 3.69. The summed E-state index contributed by atoms with van der Waals surface area (Å²) in [6.45, 7) is 1.39. The van der Waals surface area contributed by atoms with Gasteiger partial charge in [-0.05, 0) is 25.2 Å². The zero-order valence-corrected chi connectivity index (χ0v) is 12.8. The second-order valence-electron chi connectivity index (χ2n) is 4.71. The summed E-state index contributed by atoms with van der Waals surface area (Å²) in [4.78, 5) is -0.0779. The molecule has 1 unspecified atom stereocenters. The summed E-state index contributed by atoms with van der Waals surface area (Å²) in [5, 5.41) is 2.95. The molecule has 1 saturated heterocycles. The number of ether oxygens (including phenoxy) is 2. The van der Waals surface area contributed by atoms with Crippen LogP contribution in [-0.2, 0) is 14.8 Å². The largest absolute Gasteiger partial charge is 0.494 e. The maximum absolute atomic E-state index is 13.7. The molecule has 8 heteroatoms. The second-order valence-corrected chi connectivity index (χ2v) is 6.65. The second kappa shape index (κ2) is 6.69. The third-order valence-electron chi connectivity index (χ3n) is 3.29. The molecule has 0 spiro atoms. The molecule has 1 fully saturated rings. The maximum atomic E-state index is 13.7. The molecule has 1 N–H and O–H groups in total. The first-order chi connectivity index (χ1) is 9.98. The Labute approximate surface area is 123 Å². The van der Waals surface area contributed by atoms with Crippen molar-refractivity contribution in [3.63, 3.8) is 0 Å². The van der Waals surface area contributed by atoms with Gasteiger partial charge in [0.2, 0.25) is 10.0 Å². The van der Waals surface area contributed by atoms with Crippen molar-refractivity contribution in [2.24, 2.45) is 0 Å². The van der Waals surface area contributed by atoms with Crippen molar-refractivity contribution in [3.05, 3.63) is 24.0 Å². The van der Waals surface area contributed by atoms with Crippen molar-refractivity contribution >= 4 is 10.0 Å². The summed E-state index contributed by atoms with van der Waals surface area (Å²) in [5.41, 5.74) is 0. The Balaban J connectivity index is 2.23. The van der Waals surface area contributed by atoms with E-state index in [-0.39, 0.29) is 29.8 Å². The van der Waals surface area contributed by atoms with E-state index in [1.807, 2.05) is 0 Å². The number of methoxy groups -OCH3 is 1. The van der Waals surface area contributed by atoms with Gasteiger partial charge in [0.25, 0.3) is 0 Å². The van der Waals surface area contributed by atoms with Crippen LogP contribution in [-0.4, -0.2) is 59.2 Å². The lowest BCUT2D eigenvalue weighted by atomic mass is 10.3. The average Bonchev–Trinajstić information content (AvgIpc) is 2.48. The lowest BCUT2D eigenvalue weighted by molar-refractivity contribution is 0.000819. The molecule has 118 valence electrons. The Morgan fingerprint density at radius 2 is 2.29 bits per heavy atom. The van der Waals surface area contributed by atoms with Gasteiger partial charge in [-0.15, -0.1) is 0 Å². The van der Waals surface area contributed by atoms with Gasteiger partial charge in [-0.1, -0.05) is 0 Å². The fourth-order valence-electron chi connectivity index (χ4n) is 2.22. The van der Waals surface area contributed by atoms with Crippen LogP contribution in [0.2, 0.25) is 0 Å². The predicted molar refractivity (Wildman–Crippen MR) is 75.4 cm³/mol. The third-order valence-corrected chi connectivity index (χ3v) is 5.16. The predicted octanol–water partition coefficient (Wildman–Crippen LogP) is 0.443. The average molecular weight is 318 g/mol. The Hall–Kier alpha value is -1.22. The van der Waals surface area contributed by atoms with E-state index < -0.39 is 15.8 Å². The van der Waals surface area contributed by atoms with Crippen molar-refractivity contribution < 1.29 is 22.3 Å². The van der Waals surface area contributed by atoms with Crippen molar-refractivity contribution in [1.82, 2.24) is 9.62 Å². The number of sulfonamides is 1. The number of nitrogens with one attached hydrogen (secondary N) is 1. The summed E-state index contributed by atoms with van der Waals surface area (Å²) < 4.78 is 50.4. The van der Waals surface area contributed by atoms with E-state index in [0.717, 1.165) is 6.07 Å². The quantitative estimate of drug-likeness (QED) is 0.853. The van der Waals surface area contributed by atoms with Gasteiger partial charge in [-0.2, -0.15) is 4.31 Å². The molecule has 1 atom stereocenters. The molecule has 1 aromatic carbocycles. The molecule has 0 saturated carbocycles. The van der Waals surface area contributed by atoms with Crippen molar-refractivity contribution in [1.29, 1.82) is 0 Å². The van der Waals surface area contributed by atoms with E-state index in [0.29, 0.717) is 13.2 Å². The van der Waals surface area contributed by atoms with E-state index >= 15 is 0 Å². The van der Waals surface area contributed by atoms with E-state index in [1.54, 1.807) is 7.05 Å². The number of halogens is 1. The van der Waals surface area contributed by atoms with Crippen LogP contribution >= 0.6 is 0 Å². The number of morpholine rings is 1.